The van der Waals surface area contributed by atoms with Crippen LogP contribution in [0.4, 0.5) is 11.5 Å². The van der Waals surface area contributed by atoms with Crippen molar-refractivity contribution in [1.82, 2.24) is 19.9 Å². The predicted octanol–water partition coefficient (Wildman–Crippen LogP) is 4.12. The molecule has 0 radical (unpaired) electrons. The zero-order valence-electron chi connectivity index (χ0n) is 30.9. The van der Waals surface area contributed by atoms with Crippen LogP contribution in [0.1, 0.15) is 73.4 Å². The number of carbonyl (C=O) groups is 3. The van der Waals surface area contributed by atoms with Gasteiger partial charge in [-0.25, -0.2) is 9.97 Å². The summed E-state index contributed by atoms with van der Waals surface area (Å²) in [6.07, 6.45) is 2.77. The summed E-state index contributed by atoms with van der Waals surface area (Å²) in [4.78, 5) is 45.9. The minimum atomic E-state index is -1.26. The van der Waals surface area contributed by atoms with Gasteiger partial charge in [-0.15, -0.1) is 0 Å². The molecule has 52 heavy (non-hydrogen) atoms. The second kappa shape index (κ2) is 15.9. The molecule has 0 fully saturated rings. The van der Waals surface area contributed by atoms with Crippen LogP contribution in [0.3, 0.4) is 0 Å². The number of hydrogen-bond donors (Lipinski definition) is 4. The van der Waals surface area contributed by atoms with Crippen LogP contribution in [0.5, 0.6) is 0 Å². The van der Waals surface area contributed by atoms with Gasteiger partial charge in [-0.1, -0.05) is 69.7 Å². The van der Waals surface area contributed by atoms with Crippen molar-refractivity contribution >= 4 is 51.2 Å². The number of amides is 2. The van der Waals surface area contributed by atoms with Gasteiger partial charge >= 0.3 is 0 Å². The maximum Gasteiger partial charge on any atom is 0.246 e. The molecule has 6 N–H and O–H groups in total. The molecule has 2 heterocycles. The number of aryl methyl sites for hydroxylation is 1. The summed E-state index contributed by atoms with van der Waals surface area (Å²) in [7, 11) is 4.37. The number of nitrogens with zero attached hydrogens (tertiary/aromatic N) is 4. The number of carbonyl (C=O) groups excluding carboxylic acids is 3. The fraction of sp³-hybridized carbons (Fsp3) is 0.375. The molecule has 3 aromatic carbocycles. The summed E-state index contributed by atoms with van der Waals surface area (Å²) in [5.74, 6) is -0.755. The van der Waals surface area contributed by atoms with Crippen molar-refractivity contribution < 1.29 is 24.0 Å². The fourth-order valence-electron chi connectivity index (χ4n) is 6.38. The first-order valence-electron chi connectivity index (χ1n) is 17.8. The molecule has 0 bridgehead atoms. The molecule has 0 aliphatic rings. The van der Waals surface area contributed by atoms with E-state index in [-0.39, 0.29) is 29.1 Å². The number of pyridine rings is 1. The lowest BCUT2D eigenvalue weighted by molar-refractivity contribution is -0.916. The highest BCUT2D eigenvalue weighted by Gasteiger charge is 2.23. The largest absolute Gasteiger partial charge is 0.545 e. The lowest BCUT2D eigenvalue weighted by Crippen LogP contribution is -2.50. The first kappa shape index (κ1) is 37.9. The summed E-state index contributed by atoms with van der Waals surface area (Å²) in [5, 5.41) is 17.9. The second-order valence-electron chi connectivity index (χ2n) is 14.7. The zero-order chi connectivity index (χ0) is 37.7. The lowest BCUT2D eigenvalue weighted by Gasteiger charge is -2.30. The topological polar surface area (TPSA) is 181 Å². The molecule has 0 unspecified atom stereocenters. The third kappa shape index (κ3) is 8.93. The molecule has 0 saturated heterocycles. The average Bonchev–Trinajstić information content (AvgIpc) is 3.46. The van der Waals surface area contributed by atoms with Crippen LogP contribution in [-0.4, -0.2) is 63.0 Å². The third-order valence-corrected chi connectivity index (χ3v) is 9.35. The van der Waals surface area contributed by atoms with E-state index in [0.29, 0.717) is 27.7 Å². The average molecular weight is 707 g/mol. The van der Waals surface area contributed by atoms with Crippen LogP contribution in [0.25, 0.3) is 21.9 Å². The molecule has 0 spiro atoms. The fourth-order valence-corrected chi connectivity index (χ4v) is 6.38. The molecule has 0 aliphatic carbocycles. The summed E-state index contributed by atoms with van der Waals surface area (Å²) in [6.45, 7) is 9.66. The third-order valence-electron chi connectivity index (χ3n) is 9.35. The van der Waals surface area contributed by atoms with Gasteiger partial charge in [0, 0.05) is 35.2 Å². The Morgan fingerprint density at radius 1 is 0.885 bits per heavy atom. The van der Waals surface area contributed by atoms with Crippen LogP contribution in [0, 0.1) is 5.92 Å². The first-order chi connectivity index (χ1) is 24.6. The normalized spacial score (nSPS) is 13.0. The minimum Gasteiger partial charge on any atom is -0.545 e. The van der Waals surface area contributed by atoms with Crippen molar-refractivity contribution in [2.75, 3.05) is 25.1 Å². The van der Waals surface area contributed by atoms with Crippen molar-refractivity contribution in [3.63, 3.8) is 0 Å². The maximum atomic E-state index is 12.7. The van der Waals surface area contributed by atoms with Crippen molar-refractivity contribution in [3.05, 3.63) is 94.8 Å². The number of nitrogen functional groups attached to an aromatic ring is 1. The number of nitrogens with one attached hydrogen (secondary N) is 2. The number of carboxylic acid groups (broad SMARTS) is 1. The lowest BCUT2D eigenvalue weighted by atomic mass is 10.0. The van der Waals surface area contributed by atoms with Crippen molar-refractivity contribution in [3.8, 4) is 0 Å². The molecule has 5 aromatic rings. The van der Waals surface area contributed by atoms with Gasteiger partial charge in [-0.05, 0) is 54.7 Å². The van der Waals surface area contributed by atoms with Crippen LogP contribution in [-0.2, 0) is 35.6 Å². The second-order valence-corrected chi connectivity index (χ2v) is 14.7. The molecule has 2 amide bonds. The van der Waals surface area contributed by atoms with Crippen molar-refractivity contribution in [2.45, 2.75) is 78.7 Å². The molecule has 0 aliphatic heterocycles. The standard InChI is InChI=1S/C40H50N8O4/c1-7-8-9-33-46-35-36(31-19-16-29(40(51)52)20-32(31)45-37(35)42)47(33)21-26-10-12-27(13-11-26)22-48(5,6)23-28-14-17-30(18-15-28)44-38(49)25(4)43-39(50)34(41)24(2)3/h10-20,24-25,34H,7-9,21-23,41H2,1-6H3,(H4-,42,43,44,45,49,50,51,52)/t25-,34-/m0/s1. The van der Waals surface area contributed by atoms with Gasteiger partial charge < -0.3 is 41.1 Å². The van der Waals surface area contributed by atoms with Crippen LogP contribution in [0.2, 0.25) is 0 Å². The molecule has 5 rings (SSSR count). The van der Waals surface area contributed by atoms with E-state index in [1.54, 1.807) is 13.0 Å². The van der Waals surface area contributed by atoms with Gasteiger partial charge in [0.1, 0.15) is 30.5 Å². The number of rotatable bonds is 15. The molecule has 2 aromatic heterocycles. The number of unbranched alkanes of at least 4 members (excludes halogenated alkanes) is 1. The molecule has 12 heteroatoms. The molecular formula is C40H50N8O4. The van der Waals surface area contributed by atoms with Gasteiger partial charge in [0.2, 0.25) is 11.8 Å². The molecule has 2 atom stereocenters. The van der Waals surface area contributed by atoms with Gasteiger partial charge in [-0.3, -0.25) is 9.59 Å². The number of aromatic carboxylic acids is 1. The van der Waals surface area contributed by atoms with Crippen molar-refractivity contribution in [2.24, 2.45) is 11.7 Å². The maximum absolute atomic E-state index is 12.7. The Morgan fingerprint density at radius 3 is 2.10 bits per heavy atom. The quantitative estimate of drug-likeness (QED) is 0.117. The van der Waals surface area contributed by atoms with E-state index in [1.165, 1.54) is 17.7 Å². The molecule has 12 nitrogen and oxygen atoms in total. The van der Waals surface area contributed by atoms with Gasteiger partial charge in [0.15, 0.2) is 5.82 Å². The Kier molecular flexibility index (Phi) is 11.6. The van der Waals surface area contributed by atoms with E-state index in [0.717, 1.165) is 60.2 Å². The van der Waals surface area contributed by atoms with E-state index in [1.807, 2.05) is 38.1 Å². The number of imidazole rings is 1. The predicted molar refractivity (Wildman–Crippen MR) is 203 cm³/mol. The summed E-state index contributed by atoms with van der Waals surface area (Å²) in [5.41, 5.74) is 18.4. The van der Waals surface area contributed by atoms with Crippen LogP contribution >= 0.6 is 0 Å². The van der Waals surface area contributed by atoms with Crippen LogP contribution in [0.15, 0.2) is 66.7 Å². The number of carboxylic acids is 1. The Bertz CT molecular complexity index is 2070. The van der Waals surface area contributed by atoms with Gasteiger partial charge in [-0.2, -0.15) is 0 Å². The summed E-state index contributed by atoms with van der Waals surface area (Å²) >= 11 is 0. The molecule has 0 saturated carbocycles. The molecule has 274 valence electrons. The van der Waals surface area contributed by atoms with E-state index in [2.05, 4.69) is 65.5 Å². The SMILES string of the molecule is CCCCc1nc2c(N)nc3cc(C(=O)[O-])ccc3c2n1Cc1ccc(C[N+](C)(C)Cc2ccc(NC(=O)[C@H](C)NC(=O)[C@@H](N)C(C)C)cc2)cc1. The Labute approximate surface area is 304 Å². The number of aromatic nitrogens is 3. The number of quaternary nitrogens is 1. The monoisotopic (exact) mass is 706 g/mol. The highest BCUT2D eigenvalue weighted by molar-refractivity contribution is 6.08. The van der Waals surface area contributed by atoms with Gasteiger partial charge in [0.05, 0.1) is 37.1 Å². The molecular weight excluding hydrogens is 656 g/mol. The summed E-state index contributed by atoms with van der Waals surface area (Å²) < 4.78 is 2.90. The van der Waals surface area contributed by atoms with Crippen molar-refractivity contribution in [1.29, 1.82) is 0 Å². The van der Waals surface area contributed by atoms with Gasteiger partial charge in [0.25, 0.3) is 0 Å². The van der Waals surface area contributed by atoms with E-state index in [4.69, 9.17) is 16.5 Å². The Morgan fingerprint density at radius 2 is 1.50 bits per heavy atom. The summed E-state index contributed by atoms with van der Waals surface area (Å²) in [6, 6.07) is 19.8. The van der Waals surface area contributed by atoms with Crippen LogP contribution < -0.4 is 27.2 Å². The number of fused-ring (bicyclic) bond motifs is 3. The van der Waals surface area contributed by atoms with E-state index < -0.39 is 18.1 Å². The highest BCUT2D eigenvalue weighted by Crippen LogP contribution is 2.31. The number of anilines is 2. The van der Waals surface area contributed by atoms with E-state index in [9.17, 15) is 19.5 Å². The number of benzene rings is 3. The minimum absolute atomic E-state index is 0.0269. The Balaban J connectivity index is 1.26. The highest BCUT2D eigenvalue weighted by atomic mass is 16.4. The zero-order valence-corrected chi connectivity index (χ0v) is 30.9. The Hall–Kier alpha value is -5.33. The smallest absolute Gasteiger partial charge is 0.246 e. The number of nitrogens with two attached hydrogens (primary N) is 2. The number of hydrogen-bond acceptors (Lipinski definition) is 8. The first-order valence-corrected chi connectivity index (χ1v) is 17.8. The van der Waals surface area contributed by atoms with E-state index >= 15 is 0 Å².